The molecule has 1 aromatic carbocycles. The van der Waals surface area contributed by atoms with Crippen LogP contribution in [0.25, 0.3) is 0 Å². The first-order valence-corrected chi connectivity index (χ1v) is 8.12. The van der Waals surface area contributed by atoms with Gasteiger partial charge in [0.1, 0.15) is 0 Å². The summed E-state index contributed by atoms with van der Waals surface area (Å²) >= 11 is 6.21. The lowest BCUT2D eigenvalue weighted by Gasteiger charge is -2.25. The maximum Gasteiger partial charge on any atom is 0.0918 e. The van der Waals surface area contributed by atoms with Crippen molar-refractivity contribution in [2.24, 2.45) is 0 Å². The maximum absolute atomic E-state index is 10.4. The third kappa shape index (κ3) is 6.60. The van der Waals surface area contributed by atoms with E-state index >= 15 is 0 Å². The van der Waals surface area contributed by atoms with E-state index in [0.29, 0.717) is 6.54 Å². The lowest BCUT2D eigenvalue weighted by atomic mass is 10.1. The Bertz CT molecular complexity index is 568. The van der Waals surface area contributed by atoms with Crippen molar-refractivity contribution in [2.75, 3.05) is 19.6 Å². The topological polar surface area (TPSA) is 36.4 Å². The molecule has 1 aromatic heterocycles. The highest BCUT2D eigenvalue weighted by Crippen LogP contribution is 2.17. The second-order valence-electron chi connectivity index (χ2n) is 5.44. The van der Waals surface area contributed by atoms with Gasteiger partial charge in [0.05, 0.1) is 6.10 Å². The first-order valence-electron chi connectivity index (χ1n) is 7.74. The number of benzene rings is 1. The van der Waals surface area contributed by atoms with Crippen molar-refractivity contribution in [3.8, 4) is 0 Å². The Balaban J connectivity index is 0.00000264. The van der Waals surface area contributed by atoms with Crippen molar-refractivity contribution >= 4 is 28.6 Å². The molecule has 0 saturated carbocycles. The highest BCUT2D eigenvalue weighted by atomic mass is 79.9. The van der Waals surface area contributed by atoms with Crippen LogP contribution in [0.5, 0.6) is 0 Å². The predicted octanol–water partition coefficient (Wildman–Crippen LogP) is 4.30. The van der Waals surface area contributed by atoms with Gasteiger partial charge >= 0.3 is 0 Å². The summed E-state index contributed by atoms with van der Waals surface area (Å²) in [5, 5.41) is 11.2. The monoisotopic (exact) mass is 398 g/mol. The van der Waals surface area contributed by atoms with Gasteiger partial charge in [-0.05, 0) is 48.7 Å². The Morgan fingerprint density at radius 1 is 1.13 bits per heavy atom. The molecule has 0 aliphatic heterocycles. The molecule has 5 heteroatoms. The zero-order valence-corrected chi connectivity index (χ0v) is 15.8. The van der Waals surface area contributed by atoms with Gasteiger partial charge < -0.3 is 10.0 Å². The van der Waals surface area contributed by atoms with Crippen LogP contribution in [-0.2, 0) is 6.42 Å². The summed E-state index contributed by atoms with van der Waals surface area (Å²) in [5.41, 5.74) is 2.07. The van der Waals surface area contributed by atoms with Gasteiger partial charge in [-0.2, -0.15) is 0 Å². The smallest absolute Gasteiger partial charge is 0.0918 e. The van der Waals surface area contributed by atoms with Gasteiger partial charge in [-0.25, -0.2) is 0 Å². The molecule has 126 valence electrons. The molecule has 1 N–H and O–H groups in total. The largest absolute Gasteiger partial charge is 0.387 e. The highest BCUT2D eigenvalue weighted by Gasteiger charge is 2.13. The predicted molar refractivity (Wildman–Crippen MR) is 101 cm³/mol. The number of hydrogen-bond acceptors (Lipinski definition) is 3. The summed E-state index contributed by atoms with van der Waals surface area (Å²) in [6, 6.07) is 11.7. The van der Waals surface area contributed by atoms with Crippen LogP contribution in [0, 0.1) is 0 Å². The standard InChI is InChI=1S/C18H23ClN2O.BrH/c1-2-12-21(13-9-15-5-3-4-6-17(15)19)14-18(22)16-7-10-20-11-8-16;/h3-8,10-11,18,22H,2,9,12-14H2,1H3;1H. The number of aromatic nitrogens is 1. The summed E-state index contributed by atoms with van der Waals surface area (Å²) in [7, 11) is 0. The average Bonchev–Trinajstić information content (AvgIpc) is 2.55. The van der Waals surface area contributed by atoms with E-state index in [1.54, 1.807) is 12.4 Å². The molecular formula is C18H24BrClN2O. The number of aliphatic hydroxyl groups excluding tert-OH is 1. The molecule has 0 saturated heterocycles. The molecule has 1 unspecified atom stereocenters. The molecule has 0 radical (unpaired) electrons. The first-order chi connectivity index (χ1) is 10.7. The Hall–Kier alpha value is -0.940. The van der Waals surface area contributed by atoms with E-state index in [1.807, 2.05) is 30.3 Å². The second kappa shape index (κ2) is 10.8. The van der Waals surface area contributed by atoms with Crippen LogP contribution >= 0.6 is 28.6 Å². The van der Waals surface area contributed by atoms with E-state index in [4.69, 9.17) is 11.6 Å². The Morgan fingerprint density at radius 3 is 2.48 bits per heavy atom. The van der Waals surface area contributed by atoms with Crippen LogP contribution in [0.15, 0.2) is 48.8 Å². The molecule has 0 spiro atoms. The third-order valence-corrected chi connectivity index (χ3v) is 4.09. The van der Waals surface area contributed by atoms with E-state index in [9.17, 15) is 5.11 Å². The summed E-state index contributed by atoms with van der Waals surface area (Å²) in [6.07, 6.45) is 4.90. The van der Waals surface area contributed by atoms with Crippen molar-refractivity contribution in [2.45, 2.75) is 25.9 Å². The fourth-order valence-corrected chi connectivity index (χ4v) is 2.76. The Morgan fingerprint density at radius 2 is 1.83 bits per heavy atom. The lowest BCUT2D eigenvalue weighted by molar-refractivity contribution is 0.113. The van der Waals surface area contributed by atoms with Gasteiger partial charge in [-0.1, -0.05) is 36.7 Å². The van der Waals surface area contributed by atoms with E-state index in [0.717, 1.165) is 42.1 Å². The lowest BCUT2D eigenvalue weighted by Crippen LogP contribution is -2.31. The minimum absolute atomic E-state index is 0. The van der Waals surface area contributed by atoms with Gasteiger partial charge in [0.15, 0.2) is 0 Å². The minimum atomic E-state index is -0.485. The summed E-state index contributed by atoms with van der Waals surface area (Å²) < 4.78 is 0. The van der Waals surface area contributed by atoms with Crippen molar-refractivity contribution in [1.29, 1.82) is 0 Å². The Labute approximate surface area is 154 Å². The molecule has 1 heterocycles. The van der Waals surface area contributed by atoms with E-state index in [-0.39, 0.29) is 17.0 Å². The van der Waals surface area contributed by atoms with Crippen LogP contribution in [0.2, 0.25) is 5.02 Å². The van der Waals surface area contributed by atoms with Gasteiger partial charge in [-0.3, -0.25) is 4.98 Å². The van der Waals surface area contributed by atoms with Crippen molar-refractivity contribution in [3.63, 3.8) is 0 Å². The quantitative estimate of drug-likeness (QED) is 0.719. The Kier molecular flexibility index (Phi) is 9.41. The number of nitrogens with zero attached hydrogens (tertiary/aromatic N) is 2. The van der Waals surface area contributed by atoms with Crippen molar-refractivity contribution in [1.82, 2.24) is 9.88 Å². The molecular weight excluding hydrogens is 376 g/mol. The van der Waals surface area contributed by atoms with Crippen LogP contribution in [0.3, 0.4) is 0 Å². The molecule has 1 atom stereocenters. The van der Waals surface area contributed by atoms with Crippen LogP contribution in [0.1, 0.15) is 30.6 Å². The summed E-state index contributed by atoms with van der Waals surface area (Å²) in [6.45, 7) is 4.63. The summed E-state index contributed by atoms with van der Waals surface area (Å²) in [5.74, 6) is 0. The van der Waals surface area contributed by atoms with Gasteiger partial charge in [-0.15, -0.1) is 17.0 Å². The molecule has 2 aromatic rings. The molecule has 0 bridgehead atoms. The second-order valence-corrected chi connectivity index (χ2v) is 5.85. The molecule has 3 nitrogen and oxygen atoms in total. The van der Waals surface area contributed by atoms with Crippen LogP contribution in [0.4, 0.5) is 0 Å². The van der Waals surface area contributed by atoms with Gasteiger partial charge in [0.2, 0.25) is 0 Å². The minimum Gasteiger partial charge on any atom is -0.387 e. The fourth-order valence-electron chi connectivity index (χ4n) is 2.53. The van der Waals surface area contributed by atoms with E-state index < -0.39 is 6.10 Å². The highest BCUT2D eigenvalue weighted by molar-refractivity contribution is 8.93. The number of halogens is 2. The first kappa shape index (κ1) is 20.1. The number of pyridine rings is 1. The van der Waals surface area contributed by atoms with Crippen molar-refractivity contribution in [3.05, 3.63) is 64.9 Å². The van der Waals surface area contributed by atoms with Gasteiger partial charge in [0.25, 0.3) is 0 Å². The van der Waals surface area contributed by atoms with Crippen molar-refractivity contribution < 1.29 is 5.11 Å². The summed E-state index contributed by atoms with van der Waals surface area (Å²) in [4.78, 5) is 6.28. The van der Waals surface area contributed by atoms with E-state index in [2.05, 4.69) is 22.9 Å². The zero-order chi connectivity index (χ0) is 15.8. The number of aliphatic hydroxyl groups is 1. The number of rotatable bonds is 8. The normalized spacial score (nSPS) is 12.0. The van der Waals surface area contributed by atoms with Gasteiger partial charge in [0, 0.05) is 30.5 Å². The molecule has 23 heavy (non-hydrogen) atoms. The van der Waals surface area contributed by atoms with E-state index in [1.165, 1.54) is 0 Å². The fraction of sp³-hybridized carbons (Fsp3) is 0.389. The number of hydrogen-bond donors (Lipinski definition) is 1. The molecule has 2 rings (SSSR count). The molecule has 0 aliphatic rings. The third-order valence-electron chi connectivity index (χ3n) is 3.72. The molecule has 0 fully saturated rings. The van der Waals surface area contributed by atoms with Crippen LogP contribution < -0.4 is 0 Å². The maximum atomic E-state index is 10.4. The molecule has 0 amide bonds. The molecule has 0 aliphatic carbocycles. The zero-order valence-electron chi connectivity index (χ0n) is 13.4. The SMILES string of the molecule is Br.CCCN(CCc1ccccc1Cl)CC(O)c1ccncc1. The average molecular weight is 400 g/mol. The van der Waals surface area contributed by atoms with Crippen LogP contribution in [-0.4, -0.2) is 34.6 Å².